The predicted molar refractivity (Wildman–Crippen MR) is 99.5 cm³/mol. The van der Waals surface area contributed by atoms with Crippen LogP contribution in [0.15, 0.2) is 42.5 Å². The Bertz CT molecular complexity index is 706. The summed E-state index contributed by atoms with van der Waals surface area (Å²) in [7, 11) is 0. The van der Waals surface area contributed by atoms with Crippen LogP contribution in [0.3, 0.4) is 0 Å². The second kappa shape index (κ2) is 7.56. The molecule has 1 atom stereocenters. The van der Waals surface area contributed by atoms with Gasteiger partial charge < -0.3 is 10.6 Å². The molecular weight excluding hydrogens is 343 g/mol. The average molecular weight is 363 g/mol. The first-order valence-corrected chi connectivity index (χ1v) is 8.86. The zero-order chi connectivity index (χ0) is 17.1. The number of carbonyl (C=O) groups is 1. The first kappa shape index (κ1) is 17.3. The van der Waals surface area contributed by atoms with E-state index in [1.165, 1.54) is 0 Å². The topological polar surface area (TPSA) is 41.1 Å². The van der Waals surface area contributed by atoms with Crippen LogP contribution < -0.4 is 10.6 Å². The predicted octanol–water partition coefficient (Wildman–Crippen LogP) is 5.19. The lowest BCUT2D eigenvalue weighted by Crippen LogP contribution is -2.18. The van der Waals surface area contributed by atoms with Crippen molar-refractivity contribution < 1.29 is 4.79 Å². The molecule has 2 N–H and O–H groups in total. The smallest absolute Gasteiger partial charge is 0.227 e. The van der Waals surface area contributed by atoms with Gasteiger partial charge in [-0.15, -0.1) is 0 Å². The summed E-state index contributed by atoms with van der Waals surface area (Å²) in [4.78, 5) is 11.8. The van der Waals surface area contributed by atoms with E-state index in [1.54, 1.807) is 6.07 Å². The molecule has 1 aliphatic rings. The summed E-state index contributed by atoms with van der Waals surface area (Å²) in [5.41, 5.74) is 3.06. The third kappa shape index (κ3) is 4.73. The molecule has 126 valence electrons. The van der Waals surface area contributed by atoms with Crippen molar-refractivity contribution in [2.45, 2.75) is 32.4 Å². The summed E-state index contributed by atoms with van der Waals surface area (Å²) >= 11 is 12.0. The van der Waals surface area contributed by atoms with E-state index in [4.69, 9.17) is 23.2 Å². The standard InChI is InChI=1S/C19H20Cl2N2O/c1-12(22-11-13-8-16(20)10-17(21)9-13)14-4-6-18(7-5-14)23-19(24)15-2-3-15/h4-10,12,15,22H,2-3,11H2,1H3,(H,23,24). The maximum atomic E-state index is 11.8. The lowest BCUT2D eigenvalue weighted by Gasteiger charge is -2.15. The third-order valence-corrected chi connectivity index (χ3v) is 4.60. The van der Waals surface area contributed by atoms with E-state index in [0.717, 1.165) is 29.7 Å². The van der Waals surface area contributed by atoms with Gasteiger partial charge in [-0.05, 0) is 61.2 Å². The number of nitrogens with one attached hydrogen (secondary N) is 2. The van der Waals surface area contributed by atoms with Gasteiger partial charge in [0.1, 0.15) is 0 Å². The number of hydrogen-bond acceptors (Lipinski definition) is 2. The summed E-state index contributed by atoms with van der Waals surface area (Å²) in [6.07, 6.45) is 2.02. The van der Waals surface area contributed by atoms with Crippen molar-refractivity contribution in [3.05, 3.63) is 63.6 Å². The Labute approximate surface area is 152 Å². The van der Waals surface area contributed by atoms with Gasteiger partial charge in [0.05, 0.1) is 0 Å². The largest absolute Gasteiger partial charge is 0.326 e. The van der Waals surface area contributed by atoms with Crippen LogP contribution >= 0.6 is 23.2 Å². The van der Waals surface area contributed by atoms with Crippen molar-refractivity contribution in [2.75, 3.05) is 5.32 Å². The van der Waals surface area contributed by atoms with Crippen LogP contribution in [0, 0.1) is 5.92 Å². The minimum absolute atomic E-state index is 0.131. The van der Waals surface area contributed by atoms with E-state index in [2.05, 4.69) is 17.6 Å². The van der Waals surface area contributed by atoms with Gasteiger partial charge in [0.25, 0.3) is 0 Å². The minimum Gasteiger partial charge on any atom is -0.326 e. The van der Waals surface area contributed by atoms with E-state index in [-0.39, 0.29) is 17.9 Å². The monoisotopic (exact) mass is 362 g/mol. The Kier molecular flexibility index (Phi) is 5.44. The number of carbonyl (C=O) groups excluding carboxylic acids is 1. The number of halogens is 2. The summed E-state index contributed by atoms with van der Waals surface area (Å²) in [6, 6.07) is 13.7. The molecule has 1 fully saturated rings. The normalized spacial score (nSPS) is 15.1. The van der Waals surface area contributed by atoms with Crippen LogP contribution in [0.4, 0.5) is 5.69 Å². The van der Waals surface area contributed by atoms with Crippen LogP contribution in [0.25, 0.3) is 0 Å². The van der Waals surface area contributed by atoms with Crippen molar-refractivity contribution >= 4 is 34.8 Å². The van der Waals surface area contributed by atoms with Gasteiger partial charge in [0, 0.05) is 34.2 Å². The van der Waals surface area contributed by atoms with Crippen LogP contribution in [-0.4, -0.2) is 5.91 Å². The highest BCUT2D eigenvalue weighted by Crippen LogP contribution is 2.30. The molecule has 3 rings (SSSR count). The second-order valence-electron chi connectivity index (χ2n) is 6.27. The fourth-order valence-electron chi connectivity index (χ4n) is 2.55. The van der Waals surface area contributed by atoms with Crippen molar-refractivity contribution in [2.24, 2.45) is 5.92 Å². The molecule has 2 aromatic rings. The molecule has 0 spiro atoms. The molecular formula is C19H20Cl2N2O. The fraction of sp³-hybridized carbons (Fsp3) is 0.316. The van der Waals surface area contributed by atoms with Gasteiger partial charge in [-0.25, -0.2) is 0 Å². The molecule has 0 saturated heterocycles. The van der Waals surface area contributed by atoms with Crippen LogP contribution in [-0.2, 0) is 11.3 Å². The molecule has 1 saturated carbocycles. The Hall–Kier alpha value is -1.55. The van der Waals surface area contributed by atoms with E-state index < -0.39 is 0 Å². The first-order valence-electron chi connectivity index (χ1n) is 8.10. The number of anilines is 1. The van der Waals surface area contributed by atoms with Gasteiger partial charge >= 0.3 is 0 Å². The third-order valence-electron chi connectivity index (χ3n) is 4.16. The number of hydrogen-bond donors (Lipinski definition) is 2. The lowest BCUT2D eigenvalue weighted by atomic mass is 10.1. The molecule has 1 unspecified atom stereocenters. The van der Waals surface area contributed by atoms with Crippen molar-refractivity contribution in [3.63, 3.8) is 0 Å². The van der Waals surface area contributed by atoms with Crippen molar-refractivity contribution in [1.82, 2.24) is 5.32 Å². The Morgan fingerprint density at radius 2 is 1.75 bits per heavy atom. The van der Waals surface area contributed by atoms with Gasteiger partial charge in [0.15, 0.2) is 0 Å². The molecule has 24 heavy (non-hydrogen) atoms. The molecule has 0 bridgehead atoms. The molecule has 3 nitrogen and oxygen atoms in total. The molecule has 1 amide bonds. The van der Waals surface area contributed by atoms with Gasteiger partial charge in [-0.2, -0.15) is 0 Å². The summed E-state index contributed by atoms with van der Waals surface area (Å²) in [5, 5.41) is 7.69. The lowest BCUT2D eigenvalue weighted by molar-refractivity contribution is -0.117. The SMILES string of the molecule is CC(NCc1cc(Cl)cc(Cl)c1)c1ccc(NC(=O)C2CC2)cc1. The Balaban J connectivity index is 1.56. The van der Waals surface area contributed by atoms with Crippen LogP contribution in [0.1, 0.15) is 36.9 Å². The molecule has 0 radical (unpaired) electrons. The van der Waals surface area contributed by atoms with Gasteiger partial charge in [-0.3, -0.25) is 4.79 Å². The summed E-state index contributed by atoms with van der Waals surface area (Å²) in [5.74, 6) is 0.349. The highest BCUT2D eigenvalue weighted by molar-refractivity contribution is 6.34. The van der Waals surface area contributed by atoms with Gasteiger partial charge in [0.2, 0.25) is 5.91 Å². The van der Waals surface area contributed by atoms with E-state index in [9.17, 15) is 4.79 Å². The fourth-order valence-corrected chi connectivity index (χ4v) is 3.12. The first-order chi connectivity index (χ1) is 11.5. The highest BCUT2D eigenvalue weighted by Gasteiger charge is 2.29. The summed E-state index contributed by atoms with van der Waals surface area (Å²) < 4.78 is 0. The quantitative estimate of drug-likeness (QED) is 0.741. The van der Waals surface area contributed by atoms with E-state index >= 15 is 0 Å². The maximum Gasteiger partial charge on any atom is 0.227 e. The van der Waals surface area contributed by atoms with Crippen molar-refractivity contribution in [1.29, 1.82) is 0 Å². The Morgan fingerprint density at radius 3 is 2.33 bits per heavy atom. The second-order valence-corrected chi connectivity index (χ2v) is 7.14. The van der Waals surface area contributed by atoms with Crippen molar-refractivity contribution in [3.8, 4) is 0 Å². The van der Waals surface area contributed by atoms with E-state index in [0.29, 0.717) is 16.6 Å². The number of amides is 1. The number of benzene rings is 2. The Morgan fingerprint density at radius 1 is 1.12 bits per heavy atom. The minimum atomic E-state index is 0.131. The highest BCUT2D eigenvalue weighted by atomic mass is 35.5. The zero-order valence-electron chi connectivity index (χ0n) is 13.5. The average Bonchev–Trinajstić information content (AvgIpc) is 3.37. The number of rotatable bonds is 6. The maximum absolute atomic E-state index is 11.8. The van der Waals surface area contributed by atoms with E-state index in [1.807, 2.05) is 36.4 Å². The van der Waals surface area contributed by atoms with Crippen LogP contribution in [0.5, 0.6) is 0 Å². The molecule has 2 aromatic carbocycles. The molecule has 1 aliphatic carbocycles. The van der Waals surface area contributed by atoms with Gasteiger partial charge in [-0.1, -0.05) is 35.3 Å². The molecule has 0 aliphatic heterocycles. The molecule has 5 heteroatoms. The molecule has 0 heterocycles. The summed E-state index contributed by atoms with van der Waals surface area (Å²) in [6.45, 7) is 2.78. The molecule has 0 aromatic heterocycles. The van der Waals surface area contributed by atoms with Crippen LogP contribution in [0.2, 0.25) is 10.0 Å². The zero-order valence-corrected chi connectivity index (χ0v) is 15.0.